The molecule has 3 aromatic heterocycles. The van der Waals surface area contributed by atoms with Crippen molar-refractivity contribution in [1.29, 1.82) is 0 Å². The molecular weight excluding hydrogens is 468 g/mol. The summed E-state index contributed by atoms with van der Waals surface area (Å²) in [5.41, 5.74) is 6.45. The summed E-state index contributed by atoms with van der Waals surface area (Å²) in [6, 6.07) is 8.39. The summed E-state index contributed by atoms with van der Waals surface area (Å²) in [5.74, 6) is 0. The highest BCUT2D eigenvalue weighted by atomic mass is 32.2. The van der Waals surface area contributed by atoms with Gasteiger partial charge in [-0.3, -0.25) is 4.68 Å². The van der Waals surface area contributed by atoms with Gasteiger partial charge in [-0.1, -0.05) is 6.07 Å². The summed E-state index contributed by atoms with van der Waals surface area (Å²) in [6.07, 6.45) is 7.00. The Bertz CT molecular complexity index is 1540. The molecule has 0 saturated carbocycles. The predicted octanol–water partition coefficient (Wildman–Crippen LogP) is 2.89. The van der Waals surface area contributed by atoms with E-state index in [9.17, 15) is 18.3 Å². The van der Waals surface area contributed by atoms with Crippen molar-refractivity contribution in [3.05, 3.63) is 65.6 Å². The number of nitrogens with one attached hydrogen (secondary N) is 2. The number of carbonyl (C=O) groups excluding carboxylic acids is 1. The van der Waals surface area contributed by atoms with E-state index in [1.807, 2.05) is 31.3 Å². The summed E-state index contributed by atoms with van der Waals surface area (Å²) >= 11 is 0. The third-order valence-corrected chi connectivity index (χ3v) is 7.32. The Morgan fingerprint density at radius 3 is 2.83 bits per heavy atom. The van der Waals surface area contributed by atoms with Crippen LogP contribution in [0.3, 0.4) is 0 Å². The zero-order valence-corrected chi connectivity index (χ0v) is 20.2. The number of hydrogen-bond donors (Lipinski definition) is 3. The maximum Gasteiger partial charge on any atom is 0.333 e. The number of aliphatic hydroxyl groups excluding tert-OH is 1. The van der Waals surface area contributed by atoms with E-state index >= 15 is 0 Å². The number of hydrogen-bond acceptors (Lipinski definition) is 6. The Morgan fingerprint density at radius 2 is 2.03 bits per heavy atom. The van der Waals surface area contributed by atoms with Crippen molar-refractivity contribution in [1.82, 2.24) is 24.1 Å². The average molecular weight is 495 g/mol. The molecular formula is C24H26N6O4S. The van der Waals surface area contributed by atoms with Crippen LogP contribution in [0.5, 0.6) is 0 Å². The molecule has 1 atom stereocenters. The fourth-order valence-corrected chi connectivity index (χ4v) is 5.50. The first-order chi connectivity index (χ1) is 16.7. The van der Waals surface area contributed by atoms with Gasteiger partial charge in [0, 0.05) is 24.2 Å². The van der Waals surface area contributed by atoms with Crippen LogP contribution in [0.4, 0.5) is 10.5 Å². The zero-order valence-electron chi connectivity index (χ0n) is 19.4. The molecule has 5 rings (SSSR count). The van der Waals surface area contributed by atoms with Gasteiger partial charge >= 0.3 is 6.03 Å². The molecule has 0 fully saturated rings. The molecule has 0 radical (unpaired) electrons. The number of aliphatic hydroxyl groups is 1. The van der Waals surface area contributed by atoms with Crippen molar-refractivity contribution in [2.45, 2.75) is 50.8 Å². The second kappa shape index (κ2) is 8.82. The van der Waals surface area contributed by atoms with Crippen LogP contribution in [0.2, 0.25) is 0 Å². The van der Waals surface area contributed by atoms with Gasteiger partial charge < -0.3 is 10.4 Å². The number of benzene rings is 1. The number of fused-ring (bicyclic) bond motifs is 2. The van der Waals surface area contributed by atoms with E-state index < -0.39 is 22.2 Å². The molecule has 0 bridgehead atoms. The quantitative estimate of drug-likeness (QED) is 0.378. The van der Waals surface area contributed by atoms with Gasteiger partial charge in [0.1, 0.15) is 0 Å². The molecule has 1 aliphatic carbocycles. The smallest absolute Gasteiger partial charge is 0.333 e. The molecule has 0 spiro atoms. The lowest BCUT2D eigenvalue weighted by Gasteiger charge is -2.19. The summed E-state index contributed by atoms with van der Waals surface area (Å²) in [7, 11) is -4.20. The predicted molar refractivity (Wildman–Crippen MR) is 131 cm³/mol. The van der Waals surface area contributed by atoms with E-state index in [1.54, 1.807) is 17.6 Å². The lowest BCUT2D eigenvalue weighted by Crippen LogP contribution is -2.35. The highest BCUT2D eigenvalue weighted by molar-refractivity contribution is 7.90. The molecule has 35 heavy (non-hydrogen) atoms. The van der Waals surface area contributed by atoms with Crippen molar-refractivity contribution in [3.8, 4) is 11.1 Å². The summed E-state index contributed by atoms with van der Waals surface area (Å²) in [5, 5.41) is 20.2. The van der Waals surface area contributed by atoms with Crippen molar-refractivity contribution < 1.29 is 18.3 Å². The minimum absolute atomic E-state index is 0.141. The molecule has 0 aliphatic heterocycles. The van der Waals surface area contributed by atoms with Crippen LogP contribution in [0.25, 0.3) is 16.6 Å². The minimum atomic E-state index is -4.20. The Balaban J connectivity index is 1.47. The monoisotopic (exact) mass is 494 g/mol. The molecule has 3 heterocycles. The van der Waals surface area contributed by atoms with E-state index in [0.29, 0.717) is 5.69 Å². The second-order valence-corrected chi connectivity index (χ2v) is 10.5. The summed E-state index contributed by atoms with van der Waals surface area (Å²) in [6.45, 7) is 3.70. The molecule has 182 valence electrons. The topological polar surface area (TPSA) is 131 Å². The Labute approximate surface area is 202 Å². The van der Waals surface area contributed by atoms with Gasteiger partial charge in [-0.15, -0.1) is 0 Å². The van der Waals surface area contributed by atoms with Gasteiger partial charge in [-0.05, 0) is 79.6 Å². The lowest BCUT2D eigenvalue weighted by atomic mass is 9.93. The number of rotatable bonds is 6. The van der Waals surface area contributed by atoms with E-state index in [0.717, 1.165) is 52.6 Å². The molecule has 2 amide bonds. The number of urea groups is 1. The summed E-state index contributed by atoms with van der Waals surface area (Å²) < 4.78 is 30.7. The molecule has 11 heteroatoms. The van der Waals surface area contributed by atoms with E-state index in [-0.39, 0.29) is 11.6 Å². The highest BCUT2D eigenvalue weighted by Crippen LogP contribution is 2.40. The van der Waals surface area contributed by atoms with Crippen LogP contribution >= 0.6 is 0 Å². The SMILES string of the molecule is Cc1cc2c(c(NC(=O)NS(=O)(=O)c3ccn(C[C@H](C)O)n3)c1-c1ccn3nccc3c1)CCC2. The minimum Gasteiger partial charge on any atom is -0.391 e. The molecule has 0 saturated heterocycles. The summed E-state index contributed by atoms with van der Waals surface area (Å²) in [4.78, 5) is 13.0. The fourth-order valence-electron chi connectivity index (χ4n) is 4.65. The first-order valence-electron chi connectivity index (χ1n) is 11.4. The van der Waals surface area contributed by atoms with E-state index in [1.165, 1.54) is 16.9 Å². The van der Waals surface area contributed by atoms with Crippen LogP contribution in [-0.4, -0.2) is 45.1 Å². The van der Waals surface area contributed by atoms with E-state index in [4.69, 9.17) is 0 Å². The molecule has 1 aromatic carbocycles. The fraction of sp³-hybridized carbons (Fsp3) is 0.292. The van der Waals surface area contributed by atoms with Gasteiger partial charge in [-0.2, -0.15) is 18.6 Å². The normalized spacial score (nSPS) is 14.1. The van der Waals surface area contributed by atoms with Crippen LogP contribution < -0.4 is 10.0 Å². The molecule has 4 aromatic rings. The van der Waals surface area contributed by atoms with Crippen LogP contribution in [0.15, 0.2) is 53.9 Å². The highest BCUT2D eigenvalue weighted by Gasteiger charge is 2.25. The van der Waals surface area contributed by atoms with Gasteiger partial charge in [0.05, 0.1) is 23.9 Å². The lowest BCUT2D eigenvalue weighted by molar-refractivity contribution is 0.168. The number of anilines is 1. The average Bonchev–Trinajstić information content (AvgIpc) is 3.53. The van der Waals surface area contributed by atoms with Crippen molar-refractivity contribution in [3.63, 3.8) is 0 Å². The standard InChI is InChI=1S/C24H26N6O4S/c1-15-12-17-4-3-5-20(17)23(22(15)18-7-11-30-19(13-18)6-9-25-30)26-24(32)28-35(33,34)21-8-10-29(27-21)14-16(2)31/h6-13,16,31H,3-5,14H2,1-2H3,(H2,26,28,32)/t16-/m0/s1. The van der Waals surface area contributed by atoms with Gasteiger partial charge in [0.25, 0.3) is 10.0 Å². The maximum absolute atomic E-state index is 13.0. The van der Waals surface area contributed by atoms with Crippen molar-refractivity contribution >= 4 is 27.3 Å². The van der Waals surface area contributed by atoms with Crippen LogP contribution in [0.1, 0.15) is 30.0 Å². The van der Waals surface area contributed by atoms with E-state index in [2.05, 4.69) is 26.3 Å². The van der Waals surface area contributed by atoms with Gasteiger partial charge in [0.2, 0.25) is 0 Å². The Kier molecular flexibility index (Phi) is 5.81. The number of carbonyl (C=O) groups is 1. The number of pyridine rings is 1. The molecule has 1 aliphatic rings. The second-order valence-electron chi connectivity index (χ2n) is 8.84. The molecule has 0 unspecified atom stereocenters. The first-order valence-corrected chi connectivity index (χ1v) is 12.8. The van der Waals surface area contributed by atoms with Gasteiger partial charge in [-0.25, -0.2) is 14.0 Å². The number of amides is 2. The number of aryl methyl sites for hydroxylation is 2. The number of nitrogens with zero attached hydrogens (tertiary/aromatic N) is 4. The Morgan fingerprint density at radius 1 is 1.20 bits per heavy atom. The zero-order chi connectivity index (χ0) is 24.7. The molecule has 3 N–H and O–H groups in total. The third kappa shape index (κ3) is 4.52. The van der Waals surface area contributed by atoms with Crippen molar-refractivity contribution in [2.24, 2.45) is 0 Å². The van der Waals surface area contributed by atoms with Gasteiger partial charge in [0.15, 0.2) is 5.03 Å². The first kappa shape index (κ1) is 23.1. The number of aromatic nitrogens is 4. The largest absolute Gasteiger partial charge is 0.391 e. The van der Waals surface area contributed by atoms with Crippen LogP contribution in [0, 0.1) is 6.92 Å². The molecule has 10 nitrogen and oxygen atoms in total. The third-order valence-electron chi connectivity index (χ3n) is 6.09. The Hall–Kier alpha value is -3.70. The van der Waals surface area contributed by atoms with Crippen LogP contribution in [-0.2, 0) is 29.4 Å². The number of sulfonamides is 1. The van der Waals surface area contributed by atoms with Crippen molar-refractivity contribution in [2.75, 3.05) is 5.32 Å². The maximum atomic E-state index is 13.0.